The zero-order valence-corrected chi connectivity index (χ0v) is 11.4. The number of hydrogen-bond acceptors (Lipinski definition) is 2. The highest BCUT2D eigenvalue weighted by molar-refractivity contribution is 5.41. The summed E-state index contributed by atoms with van der Waals surface area (Å²) in [5.41, 5.74) is 8.87. The van der Waals surface area contributed by atoms with Crippen molar-refractivity contribution in [2.75, 3.05) is 0 Å². The summed E-state index contributed by atoms with van der Waals surface area (Å²) >= 11 is 0. The summed E-state index contributed by atoms with van der Waals surface area (Å²) in [7, 11) is 0. The van der Waals surface area contributed by atoms with Crippen LogP contribution in [0.25, 0.3) is 0 Å². The Morgan fingerprint density at radius 1 is 1.39 bits per heavy atom. The molecule has 3 atom stereocenters. The molecule has 1 heterocycles. The maximum atomic E-state index is 6.38. The van der Waals surface area contributed by atoms with E-state index >= 15 is 0 Å². The third-order valence-electron chi connectivity index (χ3n) is 4.73. The highest BCUT2D eigenvalue weighted by atomic mass is 16.5. The predicted molar refractivity (Wildman–Crippen MR) is 73.7 cm³/mol. The molecule has 0 radical (unpaired) electrons. The van der Waals surface area contributed by atoms with Gasteiger partial charge < -0.3 is 10.5 Å². The lowest BCUT2D eigenvalue weighted by molar-refractivity contribution is 0.0384. The van der Waals surface area contributed by atoms with E-state index in [1.54, 1.807) is 0 Å². The van der Waals surface area contributed by atoms with Gasteiger partial charge in [0.05, 0.1) is 0 Å². The first kappa shape index (κ1) is 12.0. The van der Waals surface area contributed by atoms with Gasteiger partial charge in [0, 0.05) is 18.0 Å². The van der Waals surface area contributed by atoms with E-state index in [9.17, 15) is 0 Å². The smallest absolute Gasteiger partial charge is 0.124 e. The highest BCUT2D eigenvalue weighted by Crippen LogP contribution is 2.48. The Bertz CT molecular complexity index is 456. The number of aryl methyl sites for hydroxylation is 1. The Morgan fingerprint density at radius 3 is 2.94 bits per heavy atom. The van der Waals surface area contributed by atoms with E-state index in [0.29, 0.717) is 0 Å². The van der Waals surface area contributed by atoms with Gasteiger partial charge in [0.1, 0.15) is 11.4 Å². The Balaban J connectivity index is 1.90. The minimum absolute atomic E-state index is 0.0301. The molecule has 2 aliphatic rings. The van der Waals surface area contributed by atoms with E-state index in [1.165, 1.54) is 36.8 Å². The Labute approximate surface area is 110 Å². The van der Waals surface area contributed by atoms with Gasteiger partial charge in [-0.15, -0.1) is 0 Å². The summed E-state index contributed by atoms with van der Waals surface area (Å²) < 4.78 is 6.36. The summed E-state index contributed by atoms with van der Waals surface area (Å²) in [5.74, 6) is 1.85. The molecule has 1 aromatic carbocycles. The van der Waals surface area contributed by atoms with E-state index < -0.39 is 0 Å². The highest BCUT2D eigenvalue weighted by Gasteiger charge is 2.45. The second kappa shape index (κ2) is 4.27. The monoisotopic (exact) mass is 245 g/mol. The normalized spacial score (nSPS) is 34.4. The average molecular weight is 245 g/mol. The molecular formula is C16H23NO. The summed E-state index contributed by atoms with van der Waals surface area (Å²) in [5, 5.41) is 0. The van der Waals surface area contributed by atoms with Crippen LogP contribution in [0.1, 0.15) is 56.2 Å². The molecule has 2 unspecified atom stereocenters. The summed E-state index contributed by atoms with van der Waals surface area (Å²) in [6.45, 7) is 4.39. The third-order valence-corrected chi connectivity index (χ3v) is 4.73. The van der Waals surface area contributed by atoms with Gasteiger partial charge in [-0.3, -0.25) is 0 Å². The van der Waals surface area contributed by atoms with Crippen molar-refractivity contribution in [3.63, 3.8) is 0 Å². The van der Waals surface area contributed by atoms with Crippen LogP contribution in [-0.2, 0) is 0 Å². The van der Waals surface area contributed by atoms with Crippen LogP contribution >= 0.6 is 0 Å². The Hall–Kier alpha value is -1.02. The van der Waals surface area contributed by atoms with Crippen molar-refractivity contribution in [3.8, 4) is 5.75 Å². The fourth-order valence-electron chi connectivity index (χ4n) is 3.66. The van der Waals surface area contributed by atoms with Gasteiger partial charge in [0.15, 0.2) is 0 Å². The quantitative estimate of drug-likeness (QED) is 0.818. The minimum atomic E-state index is 0.0301. The number of benzene rings is 1. The first-order valence-electron chi connectivity index (χ1n) is 7.17. The zero-order chi connectivity index (χ0) is 12.8. The lowest BCUT2D eigenvalue weighted by atomic mass is 9.85. The minimum Gasteiger partial charge on any atom is -0.487 e. The first-order valence-corrected chi connectivity index (χ1v) is 7.17. The molecule has 1 spiro atoms. The molecule has 0 amide bonds. The molecule has 3 rings (SSSR count). The van der Waals surface area contributed by atoms with Crippen LogP contribution in [0.3, 0.4) is 0 Å². The average Bonchev–Trinajstić information content (AvgIpc) is 2.73. The molecule has 2 N–H and O–H groups in total. The van der Waals surface area contributed by atoms with E-state index in [1.807, 2.05) is 0 Å². The van der Waals surface area contributed by atoms with Crippen molar-refractivity contribution in [2.24, 2.45) is 11.7 Å². The standard InChI is InChI=1S/C16H23NO/c1-3-12-6-7-16(9-12)10-14(17)13-8-11(2)4-5-15(13)18-16/h4-5,8,12,14H,3,6-7,9-10,17H2,1-2H3/t12?,14-,16?/m1/s1. The number of nitrogens with two attached hydrogens (primary N) is 1. The number of fused-ring (bicyclic) bond motifs is 1. The van der Waals surface area contributed by atoms with Crippen LogP contribution in [0.4, 0.5) is 0 Å². The fraction of sp³-hybridized carbons (Fsp3) is 0.625. The fourth-order valence-corrected chi connectivity index (χ4v) is 3.66. The molecule has 0 aromatic heterocycles. The Kier molecular flexibility index (Phi) is 2.86. The van der Waals surface area contributed by atoms with Crippen LogP contribution in [0.15, 0.2) is 18.2 Å². The van der Waals surface area contributed by atoms with Gasteiger partial charge in [-0.25, -0.2) is 0 Å². The SMILES string of the molecule is CCC1CCC2(C1)C[C@@H](N)c1cc(C)ccc1O2. The molecule has 1 aromatic rings. The van der Waals surface area contributed by atoms with E-state index in [0.717, 1.165) is 18.1 Å². The maximum absolute atomic E-state index is 6.38. The van der Waals surface area contributed by atoms with Crippen LogP contribution in [0, 0.1) is 12.8 Å². The summed E-state index contributed by atoms with van der Waals surface area (Å²) in [6, 6.07) is 6.55. The molecular weight excluding hydrogens is 222 g/mol. The van der Waals surface area contributed by atoms with E-state index in [4.69, 9.17) is 10.5 Å². The van der Waals surface area contributed by atoms with Crippen molar-refractivity contribution in [1.82, 2.24) is 0 Å². The molecule has 1 fully saturated rings. The predicted octanol–water partition coefficient (Wildman–Crippen LogP) is 3.73. The zero-order valence-electron chi connectivity index (χ0n) is 11.4. The Morgan fingerprint density at radius 2 is 2.22 bits per heavy atom. The van der Waals surface area contributed by atoms with Gasteiger partial charge in [-0.1, -0.05) is 31.0 Å². The molecule has 2 heteroatoms. The van der Waals surface area contributed by atoms with Gasteiger partial charge >= 0.3 is 0 Å². The summed E-state index contributed by atoms with van der Waals surface area (Å²) in [4.78, 5) is 0. The van der Waals surface area contributed by atoms with Crippen LogP contribution < -0.4 is 10.5 Å². The maximum Gasteiger partial charge on any atom is 0.124 e. The van der Waals surface area contributed by atoms with Crippen LogP contribution in [-0.4, -0.2) is 5.60 Å². The lowest BCUT2D eigenvalue weighted by Crippen LogP contribution is -2.41. The van der Waals surface area contributed by atoms with E-state index in [2.05, 4.69) is 32.0 Å². The van der Waals surface area contributed by atoms with Crippen molar-refractivity contribution in [3.05, 3.63) is 29.3 Å². The lowest BCUT2D eigenvalue weighted by Gasteiger charge is -2.39. The van der Waals surface area contributed by atoms with Crippen molar-refractivity contribution < 1.29 is 4.74 Å². The van der Waals surface area contributed by atoms with Gasteiger partial charge in [-0.05, 0) is 38.2 Å². The van der Waals surface area contributed by atoms with Crippen molar-refractivity contribution >= 4 is 0 Å². The van der Waals surface area contributed by atoms with Crippen molar-refractivity contribution in [2.45, 2.75) is 57.6 Å². The van der Waals surface area contributed by atoms with E-state index in [-0.39, 0.29) is 11.6 Å². The van der Waals surface area contributed by atoms with Crippen molar-refractivity contribution in [1.29, 1.82) is 0 Å². The number of hydrogen-bond donors (Lipinski definition) is 1. The van der Waals surface area contributed by atoms with Gasteiger partial charge in [0.25, 0.3) is 0 Å². The second-order valence-corrected chi connectivity index (χ2v) is 6.15. The third kappa shape index (κ3) is 1.93. The second-order valence-electron chi connectivity index (χ2n) is 6.15. The van der Waals surface area contributed by atoms with Crippen LogP contribution in [0.2, 0.25) is 0 Å². The number of rotatable bonds is 1. The molecule has 2 nitrogen and oxygen atoms in total. The topological polar surface area (TPSA) is 35.2 Å². The van der Waals surface area contributed by atoms with Gasteiger partial charge in [0.2, 0.25) is 0 Å². The molecule has 1 saturated carbocycles. The largest absolute Gasteiger partial charge is 0.487 e. The van der Waals surface area contributed by atoms with Crippen LogP contribution in [0.5, 0.6) is 5.75 Å². The molecule has 1 aliphatic heterocycles. The number of ether oxygens (including phenoxy) is 1. The molecule has 0 bridgehead atoms. The molecule has 98 valence electrons. The summed E-state index contributed by atoms with van der Waals surface area (Å²) in [6.07, 6.45) is 5.91. The molecule has 0 saturated heterocycles. The van der Waals surface area contributed by atoms with Gasteiger partial charge in [-0.2, -0.15) is 0 Å². The molecule has 1 aliphatic carbocycles. The first-order chi connectivity index (χ1) is 8.62. The molecule has 18 heavy (non-hydrogen) atoms.